The van der Waals surface area contributed by atoms with Crippen molar-refractivity contribution in [2.75, 3.05) is 0 Å². The van der Waals surface area contributed by atoms with Crippen LogP contribution in [0.3, 0.4) is 0 Å². The van der Waals surface area contributed by atoms with E-state index in [1.54, 1.807) is 0 Å². The van der Waals surface area contributed by atoms with Crippen molar-refractivity contribution in [1.82, 2.24) is 10.6 Å². The molecule has 3 atom stereocenters. The number of rotatable bonds is 8. The van der Waals surface area contributed by atoms with Crippen LogP contribution in [0.15, 0.2) is 0 Å². The summed E-state index contributed by atoms with van der Waals surface area (Å²) in [5.41, 5.74) is 10.4. The number of hydrogen-bond acceptors (Lipinski definition) is 5. The van der Waals surface area contributed by atoms with Gasteiger partial charge in [0.25, 0.3) is 0 Å². The van der Waals surface area contributed by atoms with Crippen molar-refractivity contribution in [3.8, 4) is 0 Å². The molecule has 0 aliphatic rings. The zero-order chi connectivity index (χ0) is 15.9. The van der Waals surface area contributed by atoms with Crippen molar-refractivity contribution >= 4 is 23.7 Å². The van der Waals surface area contributed by atoms with E-state index in [9.17, 15) is 19.2 Å². The van der Waals surface area contributed by atoms with Gasteiger partial charge >= 0.3 is 5.97 Å². The van der Waals surface area contributed by atoms with Gasteiger partial charge in [0.15, 0.2) is 0 Å². The number of nitrogens with one attached hydrogen (secondary N) is 2. The minimum absolute atomic E-state index is 0.121. The molecule has 0 radical (unpaired) electrons. The van der Waals surface area contributed by atoms with Crippen LogP contribution in [-0.4, -0.2) is 46.9 Å². The van der Waals surface area contributed by atoms with E-state index in [1.165, 1.54) is 13.8 Å². The number of nitrogens with two attached hydrogens (primary N) is 2. The summed E-state index contributed by atoms with van der Waals surface area (Å²) in [6.45, 7) is 2.86. The Morgan fingerprint density at radius 2 is 1.65 bits per heavy atom. The molecule has 9 nitrogen and oxygen atoms in total. The number of carbonyl (C=O) groups excluding carboxylic acids is 3. The van der Waals surface area contributed by atoms with Crippen LogP contribution in [0.2, 0.25) is 0 Å². The van der Waals surface area contributed by atoms with E-state index in [-0.39, 0.29) is 12.8 Å². The van der Waals surface area contributed by atoms with Gasteiger partial charge in [-0.25, -0.2) is 0 Å². The van der Waals surface area contributed by atoms with Gasteiger partial charge in [-0.2, -0.15) is 0 Å². The summed E-state index contributed by atoms with van der Waals surface area (Å²) in [6, 6.07) is -2.79. The van der Waals surface area contributed by atoms with Gasteiger partial charge in [0.1, 0.15) is 12.1 Å². The van der Waals surface area contributed by atoms with Crippen LogP contribution >= 0.6 is 0 Å². The Morgan fingerprint density at radius 1 is 1.10 bits per heavy atom. The number of primary amides is 1. The van der Waals surface area contributed by atoms with E-state index < -0.39 is 41.8 Å². The Kier molecular flexibility index (Phi) is 7.22. The summed E-state index contributed by atoms with van der Waals surface area (Å²) in [6.07, 6.45) is -0.432. The number of carboxylic acid groups (broad SMARTS) is 1. The van der Waals surface area contributed by atoms with Gasteiger partial charge in [-0.05, 0) is 20.3 Å². The zero-order valence-corrected chi connectivity index (χ0v) is 11.4. The topological polar surface area (TPSA) is 165 Å². The Labute approximate surface area is 116 Å². The summed E-state index contributed by atoms with van der Waals surface area (Å²) >= 11 is 0. The lowest BCUT2D eigenvalue weighted by molar-refractivity contribution is -0.137. The molecular weight excluding hydrogens is 268 g/mol. The molecule has 7 N–H and O–H groups in total. The second-order valence-electron chi connectivity index (χ2n) is 4.41. The van der Waals surface area contributed by atoms with Crippen molar-refractivity contribution in [1.29, 1.82) is 0 Å². The van der Waals surface area contributed by atoms with E-state index >= 15 is 0 Å². The molecule has 0 rings (SSSR count). The standard InChI is InChI=1S/C11H20N4O5/c1-5(12)10(19)14-6(2)11(20)15-7(9(13)18)3-4-8(16)17/h5-7H,3-4,12H2,1-2H3,(H2,13,18)(H,14,19)(H,15,20)(H,16,17)/t5-,6-,7-/m0/s1. The van der Waals surface area contributed by atoms with E-state index in [2.05, 4.69) is 10.6 Å². The molecule has 0 bridgehead atoms. The SMILES string of the molecule is C[C@H](N)C(=O)N[C@@H](C)C(=O)N[C@@H](CCC(=O)O)C(N)=O. The molecule has 0 fully saturated rings. The number of aliphatic carboxylic acids is 1. The molecule has 0 aromatic carbocycles. The van der Waals surface area contributed by atoms with Crippen molar-refractivity contribution in [2.45, 2.75) is 44.8 Å². The lowest BCUT2D eigenvalue weighted by Crippen LogP contribution is -2.53. The molecule has 9 heteroatoms. The molecule has 114 valence electrons. The predicted octanol–water partition coefficient (Wildman–Crippen LogP) is -2.33. The Balaban J connectivity index is 4.48. The van der Waals surface area contributed by atoms with Gasteiger partial charge in [0.2, 0.25) is 17.7 Å². The van der Waals surface area contributed by atoms with Crippen molar-refractivity contribution < 1.29 is 24.3 Å². The molecule has 0 aromatic rings. The predicted molar refractivity (Wildman–Crippen MR) is 69.2 cm³/mol. The second kappa shape index (κ2) is 8.10. The second-order valence-corrected chi connectivity index (χ2v) is 4.41. The third-order valence-electron chi connectivity index (χ3n) is 2.47. The van der Waals surface area contributed by atoms with Crippen LogP contribution in [0.5, 0.6) is 0 Å². The highest BCUT2D eigenvalue weighted by molar-refractivity contribution is 5.92. The van der Waals surface area contributed by atoms with E-state index in [1.807, 2.05) is 0 Å². The van der Waals surface area contributed by atoms with Gasteiger partial charge in [-0.3, -0.25) is 19.2 Å². The maximum absolute atomic E-state index is 11.7. The smallest absolute Gasteiger partial charge is 0.303 e. The number of carbonyl (C=O) groups is 4. The van der Waals surface area contributed by atoms with Crippen molar-refractivity contribution in [3.63, 3.8) is 0 Å². The molecule has 20 heavy (non-hydrogen) atoms. The summed E-state index contributed by atoms with van der Waals surface area (Å²) in [5, 5.41) is 13.2. The largest absolute Gasteiger partial charge is 0.481 e. The number of hydrogen-bond donors (Lipinski definition) is 5. The van der Waals surface area contributed by atoms with Gasteiger partial charge < -0.3 is 27.2 Å². The Hall–Kier alpha value is -2.16. The summed E-state index contributed by atoms with van der Waals surface area (Å²) in [4.78, 5) is 44.6. The normalized spacial score (nSPS) is 14.8. The average molecular weight is 288 g/mol. The van der Waals surface area contributed by atoms with Crippen LogP contribution in [0.1, 0.15) is 26.7 Å². The first-order valence-corrected chi connectivity index (χ1v) is 6.02. The first kappa shape index (κ1) is 17.8. The fourth-order valence-corrected chi connectivity index (χ4v) is 1.26. The van der Waals surface area contributed by atoms with Crippen LogP contribution in [0.25, 0.3) is 0 Å². The van der Waals surface area contributed by atoms with Crippen LogP contribution < -0.4 is 22.1 Å². The highest BCUT2D eigenvalue weighted by atomic mass is 16.4. The average Bonchev–Trinajstić information content (AvgIpc) is 2.32. The number of amides is 3. The zero-order valence-electron chi connectivity index (χ0n) is 11.4. The maximum Gasteiger partial charge on any atom is 0.303 e. The highest BCUT2D eigenvalue weighted by Crippen LogP contribution is 1.98. The summed E-state index contributed by atoms with van der Waals surface area (Å²) in [7, 11) is 0. The highest BCUT2D eigenvalue weighted by Gasteiger charge is 2.23. The fourth-order valence-electron chi connectivity index (χ4n) is 1.26. The monoisotopic (exact) mass is 288 g/mol. The van der Waals surface area contributed by atoms with E-state index in [4.69, 9.17) is 16.6 Å². The first-order valence-electron chi connectivity index (χ1n) is 6.02. The third kappa shape index (κ3) is 6.69. The summed E-state index contributed by atoms with van der Waals surface area (Å²) < 4.78 is 0. The molecule has 0 aromatic heterocycles. The van der Waals surface area contributed by atoms with Crippen molar-refractivity contribution in [3.05, 3.63) is 0 Å². The summed E-state index contributed by atoms with van der Waals surface area (Å²) in [5.74, 6) is -3.11. The molecule has 0 spiro atoms. The molecule has 0 aliphatic carbocycles. The third-order valence-corrected chi connectivity index (χ3v) is 2.47. The van der Waals surface area contributed by atoms with E-state index in [0.29, 0.717) is 0 Å². The maximum atomic E-state index is 11.7. The molecular formula is C11H20N4O5. The van der Waals surface area contributed by atoms with Crippen molar-refractivity contribution in [2.24, 2.45) is 11.5 Å². The minimum Gasteiger partial charge on any atom is -0.481 e. The Bertz CT molecular complexity index is 396. The van der Waals surface area contributed by atoms with Gasteiger partial charge in [0, 0.05) is 6.42 Å². The van der Waals surface area contributed by atoms with Gasteiger partial charge in [-0.1, -0.05) is 0 Å². The fraction of sp³-hybridized carbons (Fsp3) is 0.636. The minimum atomic E-state index is -1.11. The van der Waals surface area contributed by atoms with Crippen LogP contribution in [-0.2, 0) is 19.2 Å². The van der Waals surface area contributed by atoms with Gasteiger partial charge in [-0.15, -0.1) is 0 Å². The van der Waals surface area contributed by atoms with Crippen LogP contribution in [0.4, 0.5) is 0 Å². The van der Waals surface area contributed by atoms with Crippen LogP contribution in [0, 0.1) is 0 Å². The Morgan fingerprint density at radius 3 is 2.05 bits per heavy atom. The molecule has 0 saturated heterocycles. The van der Waals surface area contributed by atoms with Gasteiger partial charge in [0.05, 0.1) is 6.04 Å². The lowest BCUT2D eigenvalue weighted by Gasteiger charge is -2.19. The lowest BCUT2D eigenvalue weighted by atomic mass is 10.1. The molecule has 0 aliphatic heterocycles. The molecule has 0 heterocycles. The first-order chi connectivity index (χ1) is 9.15. The molecule has 0 saturated carbocycles. The molecule has 0 unspecified atom stereocenters. The molecule has 3 amide bonds. The number of carboxylic acids is 1. The quantitative estimate of drug-likeness (QED) is 0.336. The van der Waals surface area contributed by atoms with E-state index in [0.717, 1.165) is 0 Å².